The summed E-state index contributed by atoms with van der Waals surface area (Å²) in [6, 6.07) is 9.56. The molecule has 8 heteroatoms. The molecule has 0 saturated heterocycles. The largest absolute Gasteiger partial charge is 0.505 e. The molecule has 0 aromatic heterocycles. The minimum atomic E-state index is -1.08. The minimum Gasteiger partial charge on any atom is -0.505 e. The van der Waals surface area contributed by atoms with Crippen molar-refractivity contribution in [2.75, 3.05) is 12.4 Å². The first-order valence-corrected chi connectivity index (χ1v) is 9.44. The van der Waals surface area contributed by atoms with Gasteiger partial charge in [-0.3, -0.25) is 19.3 Å². The van der Waals surface area contributed by atoms with Crippen LogP contribution in [0.5, 0.6) is 5.75 Å². The lowest BCUT2D eigenvalue weighted by molar-refractivity contribution is -0.120. The molecule has 2 aromatic carbocycles. The Bertz CT molecular complexity index is 995. The number of hydrogen-bond acceptors (Lipinski definition) is 6. The molecule has 0 radical (unpaired) electrons. The van der Waals surface area contributed by atoms with Gasteiger partial charge in [-0.05, 0) is 36.6 Å². The number of imide groups is 1. The fourth-order valence-corrected chi connectivity index (χ4v) is 3.40. The van der Waals surface area contributed by atoms with E-state index in [1.807, 2.05) is 13.8 Å². The molecular weight excluding hydrogens is 388 g/mol. The lowest BCUT2D eigenvalue weighted by Gasteiger charge is -2.27. The number of phenolic OH excluding ortho intramolecular Hbond substituents is 1. The third-order valence-corrected chi connectivity index (χ3v) is 4.83. The monoisotopic (exact) mass is 410 g/mol. The number of anilines is 1. The van der Waals surface area contributed by atoms with Crippen LogP contribution in [0.15, 0.2) is 42.5 Å². The number of ether oxygens (including phenoxy) is 1. The summed E-state index contributed by atoms with van der Waals surface area (Å²) in [4.78, 5) is 51.5. The highest BCUT2D eigenvalue weighted by Crippen LogP contribution is 2.31. The maximum absolute atomic E-state index is 13.1. The maximum atomic E-state index is 13.1. The summed E-state index contributed by atoms with van der Waals surface area (Å²) in [5.74, 6) is -2.94. The molecule has 8 nitrogen and oxygen atoms in total. The van der Waals surface area contributed by atoms with Crippen molar-refractivity contribution in [1.29, 1.82) is 0 Å². The quantitative estimate of drug-likeness (QED) is 0.430. The van der Waals surface area contributed by atoms with E-state index in [0.29, 0.717) is 0 Å². The smallest absolute Gasteiger partial charge is 0.341 e. The Morgan fingerprint density at radius 2 is 1.63 bits per heavy atom. The van der Waals surface area contributed by atoms with Crippen molar-refractivity contribution in [3.63, 3.8) is 0 Å². The van der Waals surface area contributed by atoms with Crippen LogP contribution in [0.25, 0.3) is 0 Å². The van der Waals surface area contributed by atoms with Gasteiger partial charge in [-0.1, -0.05) is 32.0 Å². The lowest BCUT2D eigenvalue weighted by atomic mass is 10.0. The average Bonchev–Trinajstić information content (AvgIpc) is 2.97. The number of esters is 1. The molecule has 0 aliphatic carbocycles. The first-order valence-electron chi connectivity index (χ1n) is 9.44. The Hall–Kier alpha value is -3.68. The van der Waals surface area contributed by atoms with Gasteiger partial charge >= 0.3 is 5.97 Å². The van der Waals surface area contributed by atoms with E-state index in [2.05, 4.69) is 10.1 Å². The summed E-state index contributed by atoms with van der Waals surface area (Å²) in [6.07, 6.45) is 0.231. The first-order chi connectivity index (χ1) is 14.3. The minimum absolute atomic E-state index is 0.0000580. The van der Waals surface area contributed by atoms with Crippen LogP contribution in [-0.4, -0.2) is 46.8 Å². The van der Waals surface area contributed by atoms with E-state index >= 15 is 0 Å². The fourth-order valence-electron chi connectivity index (χ4n) is 3.40. The van der Waals surface area contributed by atoms with Crippen molar-refractivity contribution in [1.82, 2.24) is 4.90 Å². The molecule has 0 saturated carbocycles. The van der Waals surface area contributed by atoms with Crippen molar-refractivity contribution in [3.05, 3.63) is 59.2 Å². The van der Waals surface area contributed by atoms with E-state index in [9.17, 15) is 24.3 Å². The van der Waals surface area contributed by atoms with Crippen molar-refractivity contribution in [2.45, 2.75) is 26.3 Å². The van der Waals surface area contributed by atoms with Crippen LogP contribution in [0, 0.1) is 5.92 Å². The highest BCUT2D eigenvalue weighted by atomic mass is 16.5. The van der Waals surface area contributed by atoms with Crippen LogP contribution >= 0.6 is 0 Å². The number of methoxy groups -OCH3 is 1. The Morgan fingerprint density at radius 1 is 1.03 bits per heavy atom. The van der Waals surface area contributed by atoms with Gasteiger partial charge in [0.15, 0.2) is 5.75 Å². The molecule has 3 rings (SSSR count). The summed E-state index contributed by atoms with van der Waals surface area (Å²) in [6.45, 7) is 3.74. The molecule has 1 heterocycles. The summed E-state index contributed by atoms with van der Waals surface area (Å²) in [5.41, 5.74) is 0.365. The van der Waals surface area contributed by atoms with Gasteiger partial charge < -0.3 is 15.2 Å². The molecule has 0 fully saturated rings. The van der Waals surface area contributed by atoms with Gasteiger partial charge in [0.05, 0.1) is 23.9 Å². The molecule has 156 valence electrons. The average molecular weight is 410 g/mol. The van der Waals surface area contributed by atoms with Gasteiger partial charge in [-0.25, -0.2) is 4.79 Å². The van der Waals surface area contributed by atoms with E-state index in [0.717, 1.165) is 4.90 Å². The zero-order valence-corrected chi connectivity index (χ0v) is 16.8. The predicted octanol–water partition coefficient (Wildman–Crippen LogP) is 2.83. The molecule has 0 bridgehead atoms. The Kier molecular flexibility index (Phi) is 5.86. The number of nitrogens with zero attached hydrogens (tertiary/aromatic N) is 1. The maximum Gasteiger partial charge on any atom is 0.341 e. The summed E-state index contributed by atoms with van der Waals surface area (Å²) in [5, 5.41) is 12.9. The lowest BCUT2D eigenvalue weighted by Crippen LogP contribution is -2.48. The van der Waals surface area contributed by atoms with Gasteiger partial charge in [-0.2, -0.15) is 0 Å². The van der Waals surface area contributed by atoms with Crippen LogP contribution in [0.4, 0.5) is 5.69 Å². The van der Waals surface area contributed by atoms with Gasteiger partial charge in [-0.15, -0.1) is 0 Å². The van der Waals surface area contributed by atoms with Crippen LogP contribution < -0.4 is 5.32 Å². The molecule has 1 aliphatic rings. The topological polar surface area (TPSA) is 113 Å². The zero-order chi connectivity index (χ0) is 22.0. The van der Waals surface area contributed by atoms with Crippen LogP contribution in [-0.2, 0) is 9.53 Å². The number of fused-ring (bicyclic) bond motifs is 1. The zero-order valence-electron chi connectivity index (χ0n) is 16.8. The van der Waals surface area contributed by atoms with Crippen LogP contribution in [0.1, 0.15) is 51.3 Å². The fraction of sp³-hybridized carbons (Fsp3) is 0.273. The molecule has 1 aliphatic heterocycles. The Labute approximate surface area is 173 Å². The summed E-state index contributed by atoms with van der Waals surface area (Å²) in [7, 11) is 1.17. The third-order valence-electron chi connectivity index (χ3n) is 4.83. The molecule has 3 amide bonds. The summed E-state index contributed by atoms with van der Waals surface area (Å²) >= 11 is 0. The van der Waals surface area contributed by atoms with Gasteiger partial charge in [0.25, 0.3) is 11.8 Å². The number of rotatable bonds is 6. The molecule has 1 atom stereocenters. The standard InChI is InChI=1S/C22H22N2O6/c1-12(2)11-17(24-20(27)13-7-4-5-8-14(13)21(24)28)19(26)23-16-10-6-9-15(18(16)25)22(29)30-3/h4-10,12,17,25H,11H2,1-3H3,(H,23,26). The molecule has 2 aromatic rings. The van der Waals surface area contributed by atoms with Crippen LogP contribution in [0.3, 0.4) is 0 Å². The van der Waals surface area contributed by atoms with Crippen LogP contribution in [0.2, 0.25) is 0 Å². The molecule has 1 unspecified atom stereocenters. The second-order valence-corrected chi connectivity index (χ2v) is 7.35. The van der Waals surface area contributed by atoms with Gasteiger partial charge in [0, 0.05) is 0 Å². The third kappa shape index (κ3) is 3.76. The van der Waals surface area contributed by atoms with E-state index in [1.165, 1.54) is 25.3 Å². The number of amides is 3. The van der Waals surface area contributed by atoms with E-state index in [1.54, 1.807) is 24.3 Å². The van der Waals surface area contributed by atoms with Gasteiger partial charge in [0.2, 0.25) is 5.91 Å². The molecular formula is C22H22N2O6. The Balaban J connectivity index is 1.93. The number of carbonyl (C=O) groups excluding carboxylic acids is 4. The van der Waals surface area contributed by atoms with E-state index in [-0.39, 0.29) is 34.7 Å². The number of aromatic hydroxyl groups is 1. The van der Waals surface area contributed by atoms with Gasteiger partial charge in [0.1, 0.15) is 11.6 Å². The highest BCUT2D eigenvalue weighted by molar-refractivity contribution is 6.23. The predicted molar refractivity (Wildman–Crippen MR) is 108 cm³/mol. The van der Waals surface area contributed by atoms with Crippen molar-refractivity contribution < 1.29 is 29.0 Å². The Morgan fingerprint density at radius 3 is 2.17 bits per heavy atom. The van der Waals surface area contributed by atoms with E-state index < -0.39 is 35.5 Å². The number of carbonyl (C=O) groups is 4. The number of phenols is 1. The SMILES string of the molecule is COC(=O)c1cccc(NC(=O)C(CC(C)C)N2C(=O)c3ccccc3C2=O)c1O. The second kappa shape index (κ2) is 8.36. The number of para-hydroxylation sites is 1. The van der Waals surface area contributed by atoms with Crippen molar-refractivity contribution >= 4 is 29.4 Å². The molecule has 2 N–H and O–H groups in total. The second-order valence-electron chi connectivity index (χ2n) is 7.35. The summed E-state index contributed by atoms with van der Waals surface area (Å²) < 4.78 is 4.61. The van der Waals surface area contributed by atoms with Crippen molar-refractivity contribution in [2.24, 2.45) is 5.92 Å². The van der Waals surface area contributed by atoms with E-state index in [4.69, 9.17) is 0 Å². The van der Waals surface area contributed by atoms with Crippen molar-refractivity contribution in [3.8, 4) is 5.75 Å². The number of benzene rings is 2. The number of hydrogen-bond donors (Lipinski definition) is 2. The first kappa shape index (κ1) is 21.0. The highest BCUT2D eigenvalue weighted by Gasteiger charge is 2.42. The molecule has 0 spiro atoms. The number of nitrogens with one attached hydrogen (secondary N) is 1. The molecule has 30 heavy (non-hydrogen) atoms. The normalized spacial score (nSPS) is 13.9.